The molecule has 0 unspecified atom stereocenters. The van der Waals surface area contributed by atoms with Crippen LogP contribution < -0.4 is 11.0 Å². The maximum atomic E-state index is 11.5. The quantitative estimate of drug-likeness (QED) is 0.669. The number of aryl methyl sites for hydroxylation is 4. The molecule has 0 bridgehead atoms. The smallest absolute Gasteiger partial charge is 0.274 e. The van der Waals surface area contributed by atoms with Crippen molar-refractivity contribution < 1.29 is 0 Å². The van der Waals surface area contributed by atoms with E-state index < -0.39 is 0 Å². The molecule has 0 radical (unpaired) electrons. The Morgan fingerprint density at radius 3 is 2.33 bits per heavy atom. The van der Waals surface area contributed by atoms with E-state index in [1.807, 2.05) is 6.92 Å². The lowest BCUT2D eigenvalue weighted by molar-refractivity contribution is 0.897. The Kier molecular flexibility index (Phi) is 4.16. The zero-order valence-corrected chi connectivity index (χ0v) is 12.9. The van der Waals surface area contributed by atoms with E-state index in [2.05, 4.69) is 58.6 Å². The summed E-state index contributed by atoms with van der Waals surface area (Å²) in [4.78, 5) is 14.0. The third kappa shape index (κ3) is 3.34. The summed E-state index contributed by atoms with van der Waals surface area (Å²) < 4.78 is 0. The number of H-pyrrole nitrogens is 1. The molecular weight excluding hydrogens is 266 g/mol. The fraction of sp³-hybridized carbons (Fsp3) is 0.333. The van der Waals surface area contributed by atoms with Crippen LogP contribution in [-0.4, -0.2) is 20.9 Å². The number of nitrogens with one attached hydrogen (secondary N) is 2. The van der Waals surface area contributed by atoms with Gasteiger partial charge in [0.1, 0.15) is 5.69 Å². The second kappa shape index (κ2) is 5.87. The van der Waals surface area contributed by atoms with Crippen molar-refractivity contribution in [3.8, 4) is 0 Å². The van der Waals surface area contributed by atoms with Crippen molar-refractivity contribution in [1.82, 2.24) is 15.2 Å². The van der Waals surface area contributed by atoms with Gasteiger partial charge in [-0.25, -0.2) is 5.43 Å². The fourth-order valence-electron chi connectivity index (χ4n) is 2.39. The molecule has 2 N–H and O–H groups in total. The Morgan fingerprint density at radius 1 is 1.14 bits per heavy atom. The maximum Gasteiger partial charge on any atom is 0.274 e. The molecular formula is C15H19N5O. The first-order valence-corrected chi connectivity index (χ1v) is 6.70. The van der Waals surface area contributed by atoms with Crippen molar-refractivity contribution in [3.05, 3.63) is 50.4 Å². The molecule has 2 rings (SSSR count). The molecule has 0 aliphatic carbocycles. The van der Waals surface area contributed by atoms with Crippen molar-refractivity contribution in [2.24, 2.45) is 5.10 Å². The van der Waals surface area contributed by atoms with Gasteiger partial charge in [-0.2, -0.15) is 5.10 Å². The van der Waals surface area contributed by atoms with E-state index in [0.717, 1.165) is 11.3 Å². The van der Waals surface area contributed by atoms with Crippen LogP contribution in [0.2, 0.25) is 0 Å². The van der Waals surface area contributed by atoms with Crippen LogP contribution in [0.4, 0.5) is 5.95 Å². The van der Waals surface area contributed by atoms with Gasteiger partial charge in [-0.3, -0.25) is 9.78 Å². The molecule has 1 heterocycles. The molecule has 6 nitrogen and oxygen atoms in total. The van der Waals surface area contributed by atoms with E-state index in [1.165, 1.54) is 16.7 Å². The lowest BCUT2D eigenvalue weighted by Gasteiger charge is -2.11. The fourth-order valence-corrected chi connectivity index (χ4v) is 2.39. The number of hydrogen-bond donors (Lipinski definition) is 2. The minimum atomic E-state index is -0.275. The van der Waals surface area contributed by atoms with Crippen LogP contribution in [0.3, 0.4) is 0 Å². The number of aromatic nitrogens is 3. The van der Waals surface area contributed by atoms with Crippen molar-refractivity contribution in [1.29, 1.82) is 0 Å². The SMILES string of the molecule is C/C(=N/Nc1nnc(C)c(=O)[nH]1)c1c(C)cc(C)cc1C. The van der Waals surface area contributed by atoms with Gasteiger partial charge in [0.2, 0.25) is 5.95 Å². The first kappa shape index (κ1) is 14.9. The minimum Gasteiger partial charge on any atom is -0.288 e. The predicted molar refractivity (Wildman–Crippen MR) is 83.9 cm³/mol. The number of hydrazone groups is 1. The Bertz CT molecular complexity index is 738. The number of rotatable bonds is 3. The van der Waals surface area contributed by atoms with Crippen LogP contribution in [0.5, 0.6) is 0 Å². The molecule has 0 aliphatic heterocycles. The minimum absolute atomic E-state index is 0.229. The van der Waals surface area contributed by atoms with Crippen molar-refractivity contribution >= 4 is 11.7 Å². The normalized spacial score (nSPS) is 11.6. The Hall–Kier alpha value is -2.50. The predicted octanol–water partition coefficient (Wildman–Crippen LogP) is 2.23. The molecule has 0 saturated carbocycles. The Morgan fingerprint density at radius 2 is 1.76 bits per heavy atom. The summed E-state index contributed by atoms with van der Waals surface area (Å²) in [5.74, 6) is 0.229. The monoisotopic (exact) mass is 285 g/mol. The first-order valence-electron chi connectivity index (χ1n) is 6.70. The molecule has 0 spiro atoms. The van der Waals surface area contributed by atoms with Crippen molar-refractivity contribution in [3.63, 3.8) is 0 Å². The lowest BCUT2D eigenvalue weighted by Crippen LogP contribution is -2.16. The highest BCUT2D eigenvalue weighted by atomic mass is 16.1. The van der Waals surface area contributed by atoms with Crippen molar-refractivity contribution in [2.75, 3.05) is 5.43 Å². The van der Waals surface area contributed by atoms with Crippen LogP contribution in [-0.2, 0) is 0 Å². The molecule has 1 aromatic carbocycles. The van der Waals surface area contributed by atoms with Gasteiger partial charge in [-0.05, 0) is 45.7 Å². The van der Waals surface area contributed by atoms with Crippen LogP contribution in [0.15, 0.2) is 22.0 Å². The largest absolute Gasteiger partial charge is 0.288 e. The zero-order valence-electron chi connectivity index (χ0n) is 12.9. The third-order valence-electron chi connectivity index (χ3n) is 3.23. The summed E-state index contributed by atoms with van der Waals surface area (Å²) in [6.45, 7) is 9.70. The van der Waals surface area contributed by atoms with E-state index >= 15 is 0 Å². The third-order valence-corrected chi connectivity index (χ3v) is 3.23. The summed E-state index contributed by atoms with van der Waals surface area (Å²) in [7, 11) is 0. The van der Waals surface area contributed by atoms with Crippen LogP contribution in [0, 0.1) is 27.7 Å². The lowest BCUT2D eigenvalue weighted by atomic mass is 9.97. The number of benzene rings is 1. The standard InChI is InChI=1S/C15H19N5O/c1-8-6-9(2)13(10(3)7-8)11(4)17-19-15-16-14(21)12(5)18-20-15/h6-7H,1-5H3,(H2,16,19,20,21)/b17-11-. The average molecular weight is 285 g/mol. The van der Waals surface area contributed by atoms with E-state index in [0.29, 0.717) is 5.69 Å². The second-order valence-corrected chi connectivity index (χ2v) is 5.17. The van der Waals surface area contributed by atoms with Gasteiger partial charge >= 0.3 is 0 Å². The highest BCUT2D eigenvalue weighted by Crippen LogP contribution is 2.17. The van der Waals surface area contributed by atoms with E-state index in [4.69, 9.17) is 0 Å². The van der Waals surface area contributed by atoms with Gasteiger partial charge in [0.15, 0.2) is 0 Å². The van der Waals surface area contributed by atoms with Gasteiger partial charge in [0.05, 0.1) is 5.71 Å². The summed E-state index contributed by atoms with van der Waals surface area (Å²) in [5, 5.41) is 11.9. The van der Waals surface area contributed by atoms with Gasteiger partial charge in [-0.15, -0.1) is 10.2 Å². The summed E-state index contributed by atoms with van der Waals surface area (Å²) in [6.07, 6.45) is 0. The highest BCUT2D eigenvalue weighted by Gasteiger charge is 2.07. The number of nitrogens with zero attached hydrogens (tertiary/aromatic N) is 3. The van der Waals surface area contributed by atoms with E-state index in [-0.39, 0.29) is 11.5 Å². The first-order chi connectivity index (χ1) is 9.88. The molecule has 0 fully saturated rings. The van der Waals surface area contributed by atoms with Crippen LogP contribution >= 0.6 is 0 Å². The van der Waals surface area contributed by atoms with E-state index in [9.17, 15) is 4.79 Å². The van der Waals surface area contributed by atoms with Crippen LogP contribution in [0.25, 0.3) is 0 Å². The Labute approximate surface area is 123 Å². The topological polar surface area (TPSA) is 83.0 Å². The molecule has 0 atom stereocenters. The molecule has 110 valence electrons. The Balaban J connectivity index is 2.29. The molecule has 0 saturated heterocycles. The average Bonchev–Trinajstić information content (AvgIpc) is 2.39. The summed E-state index contributed by atoms with van der Waals surface area (Å²) >= 11 is 0. The zero-order chi connectivity index (χ0) is 15.6. The highest BCUT2D eigenvalue weighted by molar-refractivity contribution is 6.01. The molecule has 0 aliphatic rings. The molecule has 1 aromatic heterocycles. The summed E-state index contributed by atoms with van der Waals surface area (Å²) in [6, 6.07) is 4.24. The van der Waals surface area contributed by atoms with Gasteiger partial charge in [0, 0.05) is 5.56 Å². The van der Waals surface area contributed by atoms with Gasteiger partial charge < -0.3 is 0 Å². The van der Waals surface area contributed by atoms with Gasteiger partial charge in [0.25, 0.3) is 5.56 Å². The number of aromatic amines is 1. The molecule has 0 amide bonds. The van der Waals surface area contributed by atoms with Gasteiger partial charge in [-0.1, -0.05) is 17.7 Å². The molecule has 21 heavy (non-hydrogen) atoms. The van der Waals surface area contributed by atoms with Crippen LogP contribution in [0.1, 0.15) is 34.9 Å². The second-order valence-electron chi connectivity index (χ2n) is 5.17. The number of anilines is 1. The molecule has 6 heteroatoms. The molecule has 2 aromatic rings. The van der Waals surface area contributed by atoms with Crippen molar-refractivity contribution in [2.45, 2.75) is 34.6 Å². The maximum absolute atomic E-state index is 11.5. The number of hydrogen-bond acceptors (Lipinski definition) is 5. The summed E-state index contributed by atoms with van der Waals surface area (Å²) in [5.41, 5.74) is 8.27. The van der Waals surface area contributed by atoms with E-state index in [1.54, 1.807) is 6.92 Å².